The number of benzene rings is 1. The summed E-state index contributed by atoms with van der Waals surface area (Å²) in [5.74, 6) is 1.15. The quantitative estimate of drug-likeness (QED) is 0.929. The van der Waals surface area contributed by atoms with Gasteiger partial charge in [0, 0.05) is 18.1 Å². The Morgan fingerprint density at radius 3 is 2.67 bits per heavy atom. The van der Waals surface area contributed by atoms with Crippen LogP contribution in [0.1, 0.15) is 17.7 Å². The van der Waals surface area contributed by atoms with E-state index in [1.165, 1.54) is 0 Å². The Hall–Kier alpha value is -2.05. The van der Waals surface area contributed by atoms with Crippen molar-refractivity contribution in [2.45, 2.75) is 24.5 Å². The number of carbonyl (C=O) groups excluding carboxylic acids is 1. The van der Waals surface area contributed by atoms with E-state index < -0.39 is 6.10 Å². The number of fused-ring (bicyclic) bond motifs is 1. The van der Waals surface area contributed by atoms with Crippen LogP contribution in [-0.2, 0) is 15.1 Å². The maximum absolute atomic E-state index is 12.8. The standard InChI is InChI=1S/C18H19NO4S/c20-17(15-12-22-13-4-1-2-5-14(13)23-15)19-18(7-9-21-10-8-18)16-6-3-11-24-16/h1-6,11,15H,7-10,12H2,(H,19,20)/t15-/m1/s1. The van der Waals surface area contributed by atoms with E-state index in [9.17, 15) is 4.79 Å². The molecule has 2 aliphatic heterocycles. The molecule has 2 aliphatic rings. The molecule has 126 valence electrons. The molecule has 1 atom stereocenters. The number of amides is 1. The zero-order chi connectivity index (χ0) is 16.4. The minimum absolute atomic E-state index is 0.139. The molecule has 1 aromatic heterocycles. The maximum Gasteiger partial charge on any atom is 0.265 e. The normalized spacial score (nSPS) is 21.9. The Kier molecular flexibility index (Phi) is 4.16. The number of ether oxygens (including phenoxy) is 3. The molecule has 1 saturated heterocycles. The topological polar surface area (TPSA) is 56.8 Å². The van der Waals surface area contributed by atoms with Crippen molar-refractivity contribution in [3.05, 3.63) is 46.7 Å². The van der Waals surface area contributed by atoms with E-state index in [1.807, 2.05) is 35.7 Å². The average Bonchev–Trinajstić information content (AvgIpc) is 3.17. The number of thiophene rings is 1. The van der Waals surface area contributed by atoms with Gasteiger partial charge in [-0.25, -0.2) is 0 Å². The monoisotopic (exact) mass is 345 g/mol. The van der Waals surface area contributed by atoms with Crippen LogP contribution < -0.4 is 14.8 Å². The number of para-hydroxylation sites is 2. The van der Waals surface area contributed by atoms with Crippen LogP contribution in [0, 0.1) is 0 Å². The van der Waals surface area contributed by atoms with Crippen LogP contribution in [0.25, 0.3) is 0 Å². The summed E-state index contributed by atoms with van der Waals surface area (Å²) in [6.07, 6.45) is 0.895. The van der Waals surface area contributed by atoms with E-state index in [2.05, 4.69) is 11.4 Å². The predicted octanol–water partition coefficient (Wildman–Crippen LogP) is 2.71. The Labute approximate surface area is 144 Å². The minimum Gasteiger partial charge on any atom is -0.485 e. The molecule has 4 rings (SSSR count). The van der Waals surface area contributed by atoms with Crippen LogP contribution in [0.2, 0.25) is 0 Å². The molecular weight excluding hydrogens is 326 g/mol. The largest absolute Gasteiger partial charge is 0.485 e. The molecule has 1 fully saturated rings. The number of carbonyl (C=O) groups is 1. The lowest BCUT2D eigenvalue weighted by Gasteiger charge is -2.38. The Bertz CT molecular complexity index is 710. The summed E-state index contributed by atoms with van der Waals surface area (Å²) >= 11 is 1.66. The van der Waals surface area contributed by atoms with Gasteiger partial charge in [0.15, 0.2) is 11.5 Å². The van der Waals surface area contributed by atoms with E-state index in [0.717, 1.165) is 17.7 Å². The lowest BCUT2D eigenvalue weighted by Crippen LogP contribution is -2.54. The summed E-state index contributed by atoms with van der Waals surface area (Å²) in [5.41, 5.74) is -0.371. The third-order valence-electron chi connectivity index (χ3n) is 4.50. The van der Waals surface area contributed by atoms with Crippen molar-refractivity contribution in [3.63, 3.8) is 0 Å². The minimum atomic E-state index is -0.639. The van der Waals surface area contributed by atoms with Gasteiger partial charge in [-0.2, -0.15) is 0 Å². The zero-order valence-electron chi connectivity index (χ0n) is 13.2. The van der Waals surface area contributed by atoms with Gasteiger partial charge in [0.05, 0.1) is 5.54 Å². The summed E-state index contributed by atoms with van der Waals surface area (Å²) in [6, 6.07) is 11.5. The van der Waals surface area contributed by atoms with Crippen LogP contribution in [-0.4, -0.2) is 31.8 Å². The molecule has 0 bridgehead atoms. The Balaban J connectivity index is 1.52. The summed E-state index contributed by atoms with van der Waals surface area (Å²) in [4.78, 5) is 14.0. The van der Waals surface area contributed by atoms with Crippen LogP contribution in [0.3, 0.4) is 0 Å². The Morgan fingerprint density at radius 1 is 1.12 bits per heavy atom. The summed E-state index contributed by atoms with van der Waals surface area (Å²) in [6.45, 7) is 1.51. The third-order valence-corrected chi connectivity index (χ3v) is 5.58. The van der Waals surface area contributed by atoms with Gasteiger partial charge in [-0.05, 0) is 36.4 Å². The first-order chi connectivity index (χ1) is 11.8. The fourth-order valence-electron chi connectivity index (χ4n) is 3.17. The van der Waals surface area contributed by atoms with Gasteiger partial charge in [-0.15, -0.1) is 11.3 Å². The summed E-state index contributed by atoms with van der Waals surface area (Å²) in [7, 11) is 0. The number of nitrogens with one attached hydrogen (secondary N) is 1. The summed E-state index contributed by atoms with van der Waals surface area (Å²) in [5, 5.41) is 5.26. The van der Waals surface area contributed by atoms with Crippen molar-refractivity contribution in [3.8, 4) is 11.5 Å². The molecule has 3 heterocycles. The van der Waals surface area contributed by atoms with E-state index in [0.29, 0.717) is 24.7 Å². The molecule has 24 heavy (non-hydrogen) atoms. The Morgan fingerprint density at radius 2 is 1.92 bits per heavy atom. The number of rotatable bonds is 3. The fraction of sp³-hybridized carbons (Fsp3) is 0.389. The fourth-order valence-corrected chi connectivity index (χ4v) is 4.11. The van der Waals surface area contributed by atoms with Gasteiger partial charge in [-0.3, -0.25) is 4.79 Å². The molecule has 0 unspecified atom stereocenters. The smallest absolute Gasteiger partial charge is 0.265 e. The molecule has 1 aromatic carbocycles. The molecule has 6 heteroatoms. The highest BCUT2D eigenvalue weighted by molar-refractivity contribution is 7.10. The molecule has 1 N–H and O–H groups in total. The van der Waals surface area contributed by atoms with Crippen molar-refractivity contribution >= 4 is 17.2 Å². The molecule has 5 nitrogen and oxygen atoms in total. The van der Waals surface area contributed by atoms with E-state index >= 15 is 0 Å². The average molecular weight is 345 g/mol. The first-order valence-electron chi connectivity index (χ1n) is 8.09. The highest BCUT2D eigenvalue weighted by atomic mass is 32.1. The zero-order valence-corrected chi connectivity index (χ0v) is 14.0. The van der Waals surface area contributed by atoms with Crippen molar-refractivity contribution < 1.29 is 19.0 Å². The van der Waals surface area contributed by atoms with Crippen molar-refractivity contribution in [2.75, 3.05) is 19.8 Å². The first-order valence-corrected chi connectivity index (χ1v) is 8.97. The van der Waals surface area contributed by atoms with Gasteiger partial charge >= 0.3 is 0 Å². The molecule has 2 aromatic rings. The lowest BCUT2D eigenvalue weighted by atomic mass is 9.88. The van der Waals surface area contributed by atoms with E-state index in [4.69, 9.17) is 14.2 Å². The molecule has 1 amide bonds. The second-order valence-electron chi connectivity index (χ2n) is 6.03. The van der Waals surface area contributed by atoms with Crippen LogP contribution in [0.15, 0.2) is 41.8 Å². The van der Waals surface area contributed by atoms with Crippen molar-refractivity contribution in [2.24, 2.45) is 0 Å². The highest BCUT2D eigenvalue weighted by Gasteiger charge is 2.39. The molecule has 0 spiro atoms. The second kappa shape index (κ2) is 6.45. The molecular formula is C18H19NO4S. The van der Waals surface area contributed by atoms with Gasteiger partial charge in [0.25, 0.3) is 5.91 Å². The summed E-state index contributed by atoms with van der Waals surface area (Å²) < 4.78 is 17.0. The van der Waals surface area contributed by atoms with E-state index in [-0.39, 0.29) is 18.1 Å². The van der Waals surface area contributed by atoms with Crippen LogP contribution >= 0.6 is 11.3 Å². The number of hydrogen-bond acceptors (Lipinski definition) is 5. The SMILES string of the molecule is O=C(NC1(c2cccs2)CCOCC1)[C@H]1COc2ccccc2O1. The number of hydrogen-bond donors (Lipinski definition) is 1. The predicted molar refractivity (Wildman–Crippen MR) is 90.5 cm³/mol. The van der Waals surface area contributed by atoms with Gasteiger partial charge in [0.2, 0.25) is 6.10 Å². The van der Waals surface area contributed by atoms with Gasteiger partial charge in [0.1, 0.15) is 6.61 Å². The van der Waals surface area contributed by atoms with Gasteiger partial charge < -0.3 is 19.5 Å². The van der Waals surface area contributed by atoms with Crippen LogP contribution in [0.4, 0.5) is 0 Å². The second-order valence-corrected chi connectivity index (χ2v) is 6.97. The van der Waals surface area contributed by atoms with Crippen molar-refractivity contribution in [1.82, 2.24) is 5.32 Å². The lowest BCUT2D eigenvalue weighted by molar-refractivity contribution is -0.133. The van der Waals surface area contributed by atoms with Crippen LogP contribution in [0.5, 0.6) is 11.5 Å². The maximum atomic E-state index is 12.8. The third kappa shape index (κ3) is 2.87. The molecule has 0 saturated carbocycles. The van der Waals surface area contributed by atoms with E-state index in [1.54, 1.807) is 11.3 Å². The highest BCUT2D eigenvalue weighted by Crippen LogP contribution is 2.36. The molecule has 0 aliphatic carbocycles. The van der Waals surface area contributed by atoms with Gasteiger partial charge in [-0.1, -0.05) is 18.2 Å². The van der Waals surface area contributed by atoms with Crippen molar-refractivity contribution in [1.29, 1.82) is 0 Å². The first kappa shape index (κ1) is 15.5. The molecule has 0 radical (unpaired) electrons.